The number of benzene rings is 2. The van der Waals surface area contributed by atoms with Gasteiger partial charge in [-0.1, -0.05) is 58.0 Å². The second-order valence-corrected chi connectivity index (χ2v) is 9.93. The van der Waals surface area contributed by atoms with Crippen LogP contribution in [0.4, 0.5) is 0 Å². The molecule has 0 unspecified atom stereocenters. The van der Waals surface area contributed by atoms with E-state index >= 15 is 0 Å². The predicted molar refractivity (Wildman–Crippen MR) is 138 cm³/mol. The summed E-state index contributed by atoms with van der Waals surface area (Å²) in [5.41, 5.74) is 4.61. The quantitative estimate of drug-likeness (QED) is 0.147. The number of hydrogen-bond donors (Lipinski definition) is 0. The van der Waals surface area contributed by atoms with Crippen LogP contribution < -0.4 is 0 Å². The monoisotopic (exact) mass is 523 g/mol. The molecule has 0 saturated heterocycles. The molecule has 0 bridgehead atoms. The molecular formula is C26H26BrN3O2S. The fourth-order valence-corrected chi connectivity index (χ4v) is 5.32. The first-order valence-corrected chi connectivity index (χ1v) is 12.5. The van der Waals surface area contributed by atoms with Crippen LogP contribution in [0.2, 0.25) is 0 Å². The van der Waals surface area contributed by atoms with Gasteiger partial charge in [0.15, 0.2) is 11.6 Å². The molecule has 2 aromatic heterocycles. The summed E-state index contributed by atoms with van der Waals surface area (Å²) in [6, 6.07) is 18.0. The van der Waals surface area contributed by atoms with Crippen LogP contribution in [0.3, 0.4) is 0 Å². The molecule has 1 atom stereocenters. The van der Waals surface area contributed by atoms with E-state index in [9.17, 15) is 4.79 Å². The lowest BCUT2D eigenvalue weighted by Gasteiger charge is -2.17. The fourth-order valence-electron chi connectivity index (χ4n) is 4.15. The number of thioether (sulfide) groups is 1. The SMILES string of the molecule is COC[C@@H](C)n1c(C)cc(C(=O)CSc2nc(-c3ccc(Br)cc3)nc3ccccc23)c1C. The maximum Gasteiger partial charge on any atom is 0.174 e. The zero-order valence-corrected chi connectivity index (χ0v) is 21.5. The molecule has 0 spiro atoms. The summed E-state index contributed by atoms with van der Waals surface area (Å²) in [6.45, 7) is 6.74. The maximum atomic E-state index is 13.2. The molecule has 0 saturated carbocycles. The van der Waals surface area contributed by atoms with Gasteiger partial charge in [-0.15, -0.1) is 0 Å². The minimum Gasteiger partial charge on any atom is -0.383 e. The highest BCUT2D eigenvalue weighted by Gasteiger charge is 2.20. The Morgan fingerprint density at radius 1 is 1.12 bits per heavy atom. The summed E-state index contributed by atoms with van der Waals surface area (Å²) < 4.78 is 8.49. The van der Waals surface area contributed by atoms with Crippen LogP contribution in [0.15, 0.2) is 64.1 Å². The molecule has 7 heteroatoms. The third kappa shape index (κ3) is 5.05. The van der Waals surface area contributed by atoms with Crippen molar-refractivity contribution in [2.45, 2.75) is 31.8 Å². The van der Waals surface area contributed by atoms with Gasteiger partial charge in [0, 0.05) is 39.5 Å². The Labute approximate surface area is 206 Å². The summed E-state index contributed by atoms with van der Waals surface area (Å²) in [5.74, 6) is 1.06. The molecular weight excluding hydrogens is 498 g/mol. The second-order valence-electron chi connectivity index (χ2n) is 8.05. The van der Waals surface area contributed by atoms with E-state index in [1.165, 1.54) is 11.8 Å². The molecule has 0 aliphatic carbocycles. The number of ether oxygens (including phenoxy) is 1. The van der Waals surface area contributed by atoms with Crippen LogP contribution in [-0.4, -0.2) is 39.8 Å². The van der Waals surface area contributed by atoms with Gasteiger partial charge in [0.25, 0.3) is 0 Å². The van der Waals surface area contributed by atoms with Crippen molar-refractivity contribution in [3.05, 3.63) is 76.0 Å². The highest BCUT2D eigenvalue weighted by atomic mass is 79.9. The normalized spacial score (nSPS) is 12.3. The van der Waals surface area contributed by atoms with Gasteiger partial charge in [-0.25, -0.2) is 9.97 Å². The molecule has 2 heterocycles. The van der Waals surface area contributed by atoms with Crippen LogP contribution >= 0.6 is 27.7 Å². The van der Waals surface area contributed by atoms with Crippen LogP contribution in [-0.2, 0) is 4.74 Å². The number of rotatable bonds is 8. The number of halogens is 1. The van der Waals surface area contributed by atoms with E-state index in [1.54, 1.807) is 7.11 Å². The fraction of sp³-hybridized carbons (Fsp3) is 0.269. The van der Waals surface area contributed by atoms with E-state index in [1.807, 2.05) is 68.4 Å². The summed E-state index contributed by atoms with van der Waals surface area (Å²) in [6.07, 6.45) is 0. The summed E-state index contributed by atoms with van der Waals surface area (Å²) >= 11 is 4.94. The molecule has 0 N–H and O–H groups in total. The second kappa shape index (κ2) is 10.2. The first-order chi connectivity index (χ1) is 15.9. The summed E-state index contributed by atoms with van der Waals surface area (Å²) in [4.78, 5) is 22.8. The number of nitrogens with zero attached hydrogens (tertiary/aromatic N) is 3. The van der Waals surface area contributed by atoms with E-state index in [0.717, 1.165) is 42.9 Å². The Bertz CT molecular complexity index is 1300. The number of hydrogen-bond acceptors (Lipinski definition) is 5. The van der Waals surface area contributed by atoms with E-state index in [4.69, 9.17) is 14.7 Å². The Morgan fingerprint density at radius 3 is 2.58 bits per heavy atom. The molecule has 4 aromatic rings. The number of Topliss-reactive ketones (excluding diaryl/α,β-unsaturated/α-hetero) is 1. The van der Waals surface area contributed by atoms with Crippen molar-refractivity contribution in [3.8, 4) is 11.4 Å². The average molecular weight is 524 g/mol. The molecule has 2 aromatic carbocycles. The van der Waals surface area contributed by atoms with Gasteiger partial charge in [-0.2, -0.15) is 0 Å². The van der Waals surface area contributed by atoms with E-state index in [-0.39, 0.29) is 11.8 Å². The molecule has 0 aliphatic rings. The van der Waals surface area contributed by atoms with Crippen molar-refractivity contribution in [3.63, 3.8) is 0 Å². The lowest BCUT2D eigenvalue weighted by Crippen LogP contribution is -2.14. The maximum absolute atomic E-state index is 13.2. The average Bonchev–Trinajstić information content (AvgIpc) is 3.11. The van der Waals surface area contributed by atoms with Crippen molar-refractivity contribution in [2.24, 2.45) is 0 Å². The summed E-state index contributed by atoms with van der Waals surface area (Å²) in [7, 11) is 1.70. The number of para-hydroxylation sites is 1. The van der Waals surface area contributed by atoms with E-state index < -0.39 is 0 Å². The Hall–Kier alpha value is -2.48. The Kier molecular flexibility index (Phi) is 7.32. The van der Waals surface area contributed by atoms with Crippen LogP contribution in [0.25, 0.3) is 22.3 Å². The highest BCUT2D eigenvalue weighted by Crippen LogP contribution is 2.30. The topological polar surface area (TPSA) is 57.0 Å². The number of carbonyl (C=O) groups excluding carboxylic acids is 1. The van der Waals surface area contributed by atoms with E-state index in [0.29, 0.717) is 18.2 Å². The van der Waals surface area contributed by atoms with Gasteiger partial charge in [0.2, 0.25) is 0 Å². The Morgan fingerprint density at radius 2 is 1.85 bits per heavy atom. The van der Waals surface area contributed by atoms with E-state index in [2.05, 4.69) is 27.4 Å². The highest BCUT2D eigenvalue weighted by molar-refractivity contribution is 9.10. The number of aromatic nitrogens is 3. The molecule has 33 heavy (non-hydrogen) atoms. The number of carbonyl (C=O) groups is 1. The predicted octanol–water partition coefficient (Wildman–Crippen LogP) is 6.66. The minimum atomic E-state index is 0.0943. The molecule has 4 rings (SSSR count). The van der Waals surface area contributed by atoms with Crippen molar-refractivity contribution in [2.75, 3.05) is 19.5 Å². The standard InChI is InChI=1S/C26H26BrN3O2S/c1-16-13-22(18(3)30(16)17(2)14-32-4)24(31)15-33-26-21-7-5-6-8-23(21)28-25(29-26)19-9-11-20(27)12-10-19/h5-13,17H,14-15H2,1-4H3/t17-/m1/s1. The number of methoxy groups -OCH3 is 1. The molecule has 5 nitrogen and oxygen atoms in total. The smallest absolute Gasteiger partial charge is 0.174 e. The number of aryl methyl sites for hydroxylation is 1. The number of fused-ring (bicyclic) bond motifs is 1. The summed E-state index contributed by atoms with van der Waals surface area (Å²) in [5, 5.41) is 1.77. The molecule has 0 amide bonds. The van der Waals surface area contributed by atoms with Crippen molar-refractivity contribution >= 4 is 44.4 Å². The van der Waals surface area contributed by atoms with Crippen molar-refractivity contribution in [1.29, 1.82) is 0 Å². The zero-order valence-electron chi connectivity index (χ0n) is 19.1. The van der Waals surface area contributed by atoms with Crippen molar-refractivity contribution < 1.29 is 9.53 Å². The molecule has 0 fully saturated rings. The van der Waals surface area contributed by atoms with Crippen LogP contribution in [0.1, 0.15) is 34.7 Å². The largest absolute Gasteiger partial charge is 0.383 e. The van der Waals surface area contributed by atoms with Gasteiger partial charge in [-0.05, 0) is 45.0 Å². The van der Waals surface area contributed by atoms with Crippen LogP contribution in [0, 0.1) is 13.8 Å². The minimum absolute atomic E-state index is 0.0943. The van der Waals surface area contributed by atoms with Crippen molar-refractivity contribution in [1.82, 2.24) is 14.5 Å². The molecule has 0 aliphatic heterocycles. The third-order valence-corrected chi connectivity index (χ3v) is 7.16. The lowest BCUT2D eigenvalue weighted by atomic mass is 10.2. The van der Waals surface area contributed by atoms with Gasteiger partial charge in [-0.3, -0.25) is 4.79 Å². The van der Waals surface area contributed by atoms with Gasteiger partial charge < -0.3 is 9.30 Å². The Balaban J connectivity index is 1.63. The molecule has 170 valence electrons. The van der Waals surface area contributed by atoms with Gasteiger partial charge in [0.05, 0.1) is 23.9 Å². The van der Waals surface area contributed by atoms with Gasteiger partial charge >= 0.3 is 0 Å². The molecule has 0 radical (unpaired) electrons. The lowest BCUT2D eigenvalue weighted by molar-refractivity contribution is 0.102. The third-order valence-electron chi connectivity index (χ3n) is 5.64. The number of ketones is 1. The first kappa shape index (κ1) is 23.7. The first-order valence-electron chi connectivity index (χ1n) is 10.7. The van der Waals surface area contributed by atoms with Gasteiger partial charge in [0.1, 0.15) is 5.03 Å². The van der Waals surface area contributed by atoms with Crippen LogP contribution in [0.5, 0.6) is 0 Å². The zero-order chi connectivity index (χ0) is 23.5.